The van der Waals surface area contributed by atoms with Crippen LogP contribution >= 0.6 is 0 Å². The zero-order valence-electron chi connectivity index (χ0n) is 13.3. The summed E-state index contributed by atoms with van der Waals surface area (Å²) >= 11 is 0. The Morgan fingerprint density at radius 2 is 2.08 bits per heavy atom. The van der Waals surface area contributed by atoms with E-state index < -0.39 is 30.1 Å². The van der Waals surface area contributed by atoms with Crippen LogP contribution in [0, 0.1) is 11.6 Å². The predicted molar refractivity (Wildman–Crippen MR) is 85.3 cm³/mol. The third-order valence-electron chi connectivity index (χ3n) is 3.28. The van der Waals surface area contributed by atoms with Gasteiger partial charge in [0.2, 0.25) is 5.76 Å². The maximum atomic E-state index is 13.4. The van der Waals surface area contributed by atoms with Crippen molar-refractivity contribution < 1.29 is 27.5 Å². The van der Waals surface area contributed by atoms with Crippen molar-refractivity contribution in [3.05, 3.63) is 71.9 Å². The average molecular weight is 361 g/mol. The van der Waals surface area contributed by atoms with Crippen molar-refractivity contribution in [1.29, 1.82) is 0 Å². The molecule has 0 aliphatic carbocycles. The van der Waals surface area contributed by atoms with Crippen LogP contribution in [0.2, 0.25) is 0 Å². The fourth-order valence-corrected chi connectivity index (χ4v) is 2.11. The lowest BCUT2D eigenvalue weighted by atomic mass is 10.3. The largest absolute Gasteiger partial charge is 0.452 e. The maximum Gasteiger partial charge on any atom is 0.374 e. The second kappa shape index (κ2) is 7.60. The lowest BCUT2D eigenvalue weighted by Gasteiger charge is -2.06. The summed E-state index contributed by atoms with van der Waals surface area (Å²) in [5.41, 5.74) is -0.216. The lowest BCUT2D eigenvalue weighted by Crippen LogP contribution is -2.21. The van der Waals surface area contributed by atoms with Crippen LogP contribution in [-0.4, -0.2) is 28.3 Å². The monoisotopic (exact) mass is 361 g/mol. The fraction of sp³-hybridized carbons (Fsp3) is 0.118. The molecule has 0 unspecified atom stereocenters. The van der Waals surface area contributed by atoms with Gasteiger partial charge in [0.05, 0.1) is 12.2 Å². The maximum absolute atomic E-state index is 13.4. The molecule has 1 aromatic carbocycles. The number of carbonyl (C=O) groups excluding carboxylic acids is 2. The van der Waals surface area contributed by atoms with Gasteiger partial charge in [0, 0.05) is 18.5 Å². The average Bonchev–Trinajstić information content (AvgIpc) is 3.28. The summed E-state index contributed by atoms with van der Waals surface area (Å²) in [5, 5.41) is 6.19. The number of hydrogen-bond acceptors (Lipinski definition) is 5. The molecule has 0 spiro atoms. The molecule has 9 heteroatoms. The molecule has 2 heterocycles. The van der Waals surface area contributed by atoms with Gasteiger partial charge in [0.15, 0.2) is 6.61 Å². The molecule has 1 N–H and O–H groups in total. The Hall–Kier alpha value is -3.49. The second-order valence-corrected chi connectivity index (χ2v) is 5.22. The molecule has 0 radical (unpaired) electrons. The highest BCUT2D eigenvalue weighted by atomic mass is 19.1. The van der Waals surface area contributed by atoms with E-state index in [1.807, 2.05) is 0 Å². The number of anilines is 1. The first kappa shape index (κ1) is 17.3. The number of carbonyl (C=O) groups is 2. The molecule has 0 saturated heterocycles. The van der Waals surface area contributed by atoms with Crippen LogP contribution in [0.5, 0.6) is 0 Å². The third-order valence-corrected chi connectivity index (χ3v) is 3.28. The topological polar surface area (TPSA) is 86.4 Å². The van der Waals surface area contributed by atoms with Gasteiger partial charge in [0.25, 0.3) is 5.91 Å². The minimum Gasteiger partial charge on any atom is -0.452 e. The number of amides is 1. The number of nitrogens with one attached hydrogen (secondary N) is 1. The van der Waals surface area contributed by atoms with Gasteiger partial charge >= 0.3 is 5.97 Å². The summed E-state index contributed by atoms with van der Waals surface area (Å²) in [7, 11) is 0. The van der Waals surface area contributed by atoms with E-state index in [1.54, 1.807) is 29.2 Å². The number of aromatic nitrogens is 2. The van der Waals surface area contributed by atoms with Crippen molar-refractivity contribution in [3.8, 4) is 0 Å². The van der Waals surface area contributed by atoms with Gasteiger partial charge in [-0.15, -0.1) is 0 Å². The van der Waals surface area contributed by atoms with Crippen molar-refractivity contribution in [2.45, 2.75) is 6.54 Å². The third kappa shape index (κ3) is 4.32. The van der Waals surface area contributed by atoms with Crippen molar-refractivity contribution in [3.63, 3.8) is 0 Å². The number of nitrogens with zero attached hydrogens (tertiary/aromatic N) is 2. The van der Waals surface area contributed by atoms with Gasteiger partial charge in [-0.2, -0.15) is 5.10 Å². The minimum atomic E-state index is -0.932. The summed E-state index contributed by atoms with van der Waals surface area (Å²) in [6, 6.07) is 7.45. The summed E-state index contributed by atoms with van der Waals surface area (Å²) in [5.74, 6) is -2.90. The van der Waals surface area contributed by atoms with E-state index in [4.69, 9.17) is 9.15 Å². The molecular formula is C17H13F2N3O4. The predicted octanol–water partition coefficient (Wildman–Crippen LogP) is 2.60. The Morgan fingerprint density at radius 3 is 2.81 bits per heavy atom. The van der Waals surface area contributed by atoms with Crippen LogP contribution in [0.3, 0.4) is 0 Å². The van der Waals surface area contributed by atoms with E-state index >= 15 is 0 Å². The van der Waals surface area contributed by atoms with E-state index in [-0.39, 0.29) is 11.4 Å². The molecule has 2 aromatic heterocycles. The number of benzene rings is 1. The van der Waals surface area contributed by atoms with Gasteiger partial charge < -0.3 is 14.5 Å². The van der Waals surface area contributed by atoms with Crippen molar-refractivity contribution in [2.75, 3.05) is 11.9 Å². The molecule has 0 bridgehead atoms. The Labute approximate surface area is 146 Å². The molecule has 3 aromatic rings. The molecule has 26 heavy (non-hydrogen) atoms. The van der Waals surface area contributed by atoms with Crippen LogP contribution in [0.25, 0.3) is 0 Å². The molecular weight excluding hydrogens is 348 g/mol. The highest BCUT2D eigenvalue weighted by Gasteiger charge is 2.16. The first-order chi connectivity index (χ1) is 12.5. The molecule has 134 valence electrons. The van der Waals surface area contributed by atoms with Gasteiger partial charge in [-0.05, 0) is 30.3 Å². The summed E-state index contributed by atoms with van der Waals surface area (Å²) < 4.78 is 38.0. The van der Waals surface area contributed by atoms with Crippen LogP contribution in [0.1, 0.15) is 16.3 Å². The van der Waals surface area contributed by atoms with E-state index in [0.717, 1.165) is 12.1 Å². The Kier molecular flexibility index (Phi) is 5.07. The van der Waals surface area contributed by atoms with Crippen LogP contribution in [0.4, 0.5) is 14.5 Å². The van der Waals surface area contributed by atoms with E-state index in [0.29, 0.717) is 18.4 Å². The van der Waals surface area contributed by atoms with Gasteiger partial charge in [-0.25, -0.2) is 13.6 Å². The lowest BCUT2D eigenvalue weighted by molar-refractivity contribution is -0.119. The highest BCUT2D eigenvalue weighted by Crippen LogP contribution is 2.15. The Bertz CT molecular complexity index is 922. The quantitative estimate of drug-likeness (QED) is 0.682. The molecule has 0 atom stereocenters. The highest BCUT2D eigenvalue weighted by molar-refractivity contribution is 5.94. The van der Waals surface area contributed by atoms with Crippen molar-refractivity contribution >= 4 is 17.6 Å². The van der Waals surface area contributed by atoms with Crippen molar-refractivity contribution in [1.82, 2.24) is 9.78 Å². The van der Waals surface area contributed by atoms with Crippen LogP contribution in [0.15, 0.2) is 53.2 Å². The molecule has 3 rings (SSSR count). The summed E-state index contributed by atoms with van der Waals surface area (Å²) in [6.45, 7) is -0.310. The van der Waals surface area contributed by atoms with Crippen LogP contribution < -0.4 is 5.32 Å². The zero-order chi connectivity index (χ0) is 18.5. The first-order valence-electron chi connectivity index (χ1n) is 7.49. The smallest absolute Gasteiger partial charge is 0.374 e. The van der Waals surface area contributed by atoms with E-state index in [9.17, 15) is 18.4 Å². The minimum absolute atomic E-state index is 0.0760. The summed E-state index contributed by atoms with van der Waals surface area (Å²) in [4.78, 5) is 23.6. The fourth-order valence-electron chi connectivity index (χ4n) is 2.11. The van der Waals surface area contributed by atoms with Crippen molar-refractivity contribution in [2.24, 2.45) is 0 Å². The first-order valence-corrected chi connectivity index (χ1v) is 7.49. The number of esters is 1. The molecule has 1 amide bonds. The SMILES string of the molecule is O=C(COC(=O)c1ccc(Cn2cccn2)o1)Nc1ccc(F)cc1F. The number of rotatable bonds is 6. The number of ether oxygens (including phenoxy) is 1. The normalized spacial score (nSPS) is 10.5. The van der Waals surface area contributed by atoms with Crippen LogP contribution in [-0.2, 0) is 16.1 Å². The molecule has 0 saturated carbocycles. The molecule has 0 aliphatic heterocycles. The molecule has 0 aliphatic rings. The zero-order valence-corrected chi connectivity index (χ0v) is 13.3. The van der Waals surface area contributed by atoms with Gasteiger partial charge in [-0.3, -0.25) is 9.48 Å². The standard InChI is InChI=1S/C17H13F2N3O4/c18-11-2-4-14(13(19)8-11)21-16(23)10-25-17(24)15-5-3-12(26-15)9-22-7-1-6-20-22/h1-8H,9-10H2,(H,21,23). The van der Waals surface area contributed by atoms with Gasteiger partial charge in [0.1, 0.15) is 17.4 Å². The number of furan rings is 1. The summed E-state index contributed by atoms with van der Waals surface area (Å²) in [6.07, 6.45) is 3.35. The number of halogens is 2. The molecule has 0 fully saturated rings. The van der Waals surface area contributed by atoms with Gasteiger partial charge in [-0.1, -0.05) is 0 Å². The van der Waals surface area contributed by atoms with E-state index in [1.165, 1.54) is 6.07 Å². The van der Waals surface area contributed by atoms with E-state index in [2.05, 4.69) is 10.4 Å². The molecule has 7 nitrogen and oxygen atoms in total. The second-order valence-electron chi connectivity index (χ2n) is 5.22. The Balaban J connectivity index is 1.52. The number of hydrogen-bond donors (Lipinski definition) is 1. The Morgan fingerprint density at radius 1 is 1.23 bits per heavy atom.